The van der Waals surface area contributed by atoms with Crippen LogP contribution in [0, 0.1) is 6.92 Å². The van der Waals surface area contributed by atoms with Gasteiger partial charge in [0.25, 0.3) is 5.91 Å². The van der Waals surface area contributed by atoms with Crippen molar-refractivity contribution in [2.45, 2.75) is 38.6 Å². The lowest BCUT2D eigenvalue weighted by Crippen LogP contribution is -2.44. The number of amides is 1. The number of benzene rings is 1. The Hall–Kier alpha value is -1.85. The van der Waals surface area contributed by atoms with Crippen LogP contribution in [-0.4, -0.2) is 44.9 Å². The van der Waals surface area contributed by atoms with Crippen molar-refractivity contribution in [3.8, 4) is 5.69 Å². The van der Waals surface area contributed by atoms with Crippen molar-refractivity contribution in [1.82, 2.24) is 14.7 Å². The Bertz CT molecular complexity index is 710. The highest BCUT2D eigenvalue weighted by molar-refractivity contribution is 6.30. The quantitative estimate of drug-likeness (QED) is 0.923. The zero-order valence-electron chi connectivity index (χ0n) is 13.8. The second-order valence-electron chi connectivity index (χ2n) is 6.21. The molecule has 1 aromatic carbocycles. The fourth-order valence-corrected chi connectivity index (χ4v) is 3.39. The van der Waals surface area contributed by atoms with Crippen LogP contribution in [0.4, 0.5) is 0 Å². The highest BCUT2D eigenvalue weighted by Crippen LogP contribution is 2.23. The highest BCUT2D eigenvalue weighted by atomic mass is 35.5. The second kappa shape index (κ2) is 7.36. The lowest BCUT2D eigenvalue weighted by atomic mass is 9.98. The molecule has 1 atom stereocenters. The van der Waals surface area contributed by atoms with E-state index in [2.05, 4.69) is 5.10 Å². The number of rotatable bonds is 4. The molecule has 1 fully saturated rings. The number of hydrogen-bond acceptors (Lipinski definition) is 3. The van der Waals surface area contributed by atoms with Gasteiger partial charge in [-0.2, -0.15) is 5.10 Å². The summed E-state index contributed by atoms with van der Waals surface area (Å²) in [6.07, 6.45) is 5.49. The van der Waals surface area contributed by atoms with Crippen molar-refractivity contribution in [3.05, 3.63) is 46.7 Å². The summed E-state index contributed by atoms with van der Waals surface area (Å²) in [5.41, 5.74) is 2.20. The van der Waals surface area contributed by atoms with Crippen LogP contribution in [0.2, 0.25) is 5.02 Å². The monoisotopic (exact) mass is 347 g/mol. The van der Waals surface area contributed by atoms with Gasteiger partial charge in [-0.3, -0.25) is 4.79 Å². The van der Waals surface area contributed by atoms with Crippen molar-refractivity contribution in [2.24, 2.45) is 0 Å². The van der Waals surface area contributed by atoms with Crippen molar-refractivity contribution in [2.75, 3.05) is 13.2 Å². The van der Waals surface area contributed by atoms with Gasteiger partial charge >= 0.3 is 0 Å². The fraction of sp³-hybridized carbons (Fsp3) is 0.444. The molecule has 5 nitrogen and oxygen atoms in total. The highest BCUT2D eigenvalue weighted by Gasteiger charge is 2.29. The van der Waals surface area contributed by atoms with E-state index in [1.165, 1.54) is 0 Å². The van der Waals surface area contributed by atoms with Crippen molar-refractivity contribution < 1.29 is 9.90 Å². The maximum Gasteiger partial charge on any atom is 0.257 e. The molecule has 0 radical (unpaired) electrons. The van der Waals surface area contributed by atoms with Crippen molar-refractivity contribution in [3.63, 3.8) is 0 Å². The van der Waals surface area contributed by atoms with Gasteiger partial charge in [-0.25, -0.2) is 4.68 Å². The third-order valence-electron chi connectivity index (χ3n) is 4.57. The Kier molecular flexibility index (Phi) is 5.21. The molecule has 1 amide bonds. The molecule has 2 aromatic rings. The number of piperidine rings is 1. The third-order valence-corrected chi connectivity index (χ3v) is 4.82. The Morgan fingerprint density at radius 1 is 1.33 bits per heavy atom. The molecule has 6 heteroatoms. The molecular weight excluding hydrogens is 326 g/mol. The number of halogens is 1. The summed E-state index contributed by atoms with van der Waals surface area (Å²) in [4.78, 5) is 14.9. The minimum Gasteiger partial charge on any atom is -0.396 e. The summed E-state index contributed by atoms with van der Waals surface area (Å²) in [6, 6.07) is 7.47. The molecule has 1 aliphatic rings. The lowest BCUT2D eigenvalue weighted by molar-refractivity contribution is 0.0574. The summed E-state index contributed by atoms with van der Waals surface area (Å²) in [5.74, 6) is 0.00543. The standard InChI is InChI=1S/C18H22ClN3O2/c1-13-17(12-22(20-13)16-7-5-14(19)6-8-16)18(24)21-10-3-2-4-15(21)9-11-23/h5-8,12,15,23H,2-4,9-11H2,1H3. The van der Waals surface area contributed by atoms with Crippen LogP contribution in [0.25, 0.3) is 5.69 Å². The van der Waals surface area contributed by atoms with Crippen LogP contribution in [0.1, 0.15) is 41.7 Å². The van der Waals surface area contributed by atoms with Gasteiger partial charge in [-0.1, -0.05) is 11.6 Å². The normalized spacial score (nSPS) is 18.0. The first kappa shape index (κ1) is 17.0. The SMILES string of the molecule is Cc1nn(-c2ccc(Cl)cc2)cc1C(=O)N1CCCCC1CCO. The smallest absolute Gasteiger partial charge is 0.257 e. The fourth-order valence-electron chi connectivity index (χ4n) is 3.27. The van der Waals surface area contributed by atoms with Crippen LogP contribution in [-0.2, 0) is 0 Å². The molecule has 1 N–H and O–H groups in total. The Labute approximate surface area is 146 Å². The molecular formula is C18H22ClN3O2. The molecule has 0 spiro atoms. The minimum absolute atomic E-state index is 0.00543. The van der Waals surface area contributed by atoms with Gasteiger partial charge in [-0.15, -0.1) is 0 Å². The summed E-state index contributed by atoms with van der Waals surface area (Å²) >= 11 is 5.92. The number of aliphatic hydroxyl groups is 1. The van der Waals surface area contributed by atoms with E-state index in [1.807, 2.05) is 24.0 Å². The van der Waals surface area contributed by atoms with Gasteiger partial charge < -0.3 is 10.0 Å². The Balaban J connectivity index is 1.86. The number of aliphatic hydroxyl groups excluding tert-OH is 1. The molecule has 2 heterocycles. The minimum atomic E-state index is 0.00543. The van der Waals surface area contributed by atoms with E-state index in [1.54, 1.807) is 23.0 Å². The maximum atomic E-state index is 13.0. The van der Waals surface area contributed by atoms with Crippen molar-refractivity contribution in [1.29, 1.82) is 0 Å². The second-order valence-corrected chi connectivity index (χ2v) is 6.65. The predicted molar refractivity (Wildman–Crippen MR) is 93.7 cm³/mol. The zero-order valence-corrected chi connectivity index (χ0v) is 14.5. The summed E-state index contributed by atoms with van der Waals surface area (Å²) in [5, 5.41) is 14.4. The van der Waals surface area contributed by atoms with Crippen LogP contribution in [0.5, 0.6) is 0 Å². The van der Waals surface area contributed by atoms with E-state index in [-0.39, 0.29) is 18.6 Å². The Morgan fingerprint density at radius 3 is 2.79 bits per heavy atom. The van der Waals surface area contributed by atoms with E-state index in [9.17, 15) is 9.90 Å². The van der Waals surface area contributed by atoms with E-state index >= 15 is 0 Å². The maximum absolute atomic E-state index is 13.0. The van der Waals surface area contributed by atoms with Crippen LogP contribution < -0.4 is 0 Å². The average Bonchev–Trinajstić information content (AvgIpc) is 2.97. The van der Waals surface area contributed by atoms with Gasteiger partial charge in [0.05, 0.1) is 16.9 Å². The number of hydrogen-bond donors (Lipinski definition) is 1. The van der Waals surface area contributed by atoms with E-state index in [0.29, 0.717) is 22.7 Å². The zero-order chi connectivity index (χ0) is 17.1. The van der Waals surface area contributed by atoms with Crippen LogP contribution in [0.3, 0.4) is 0 Å². The number of carbonyl (C=O) groups excluding carboxylic acids is 1. The largest absolute Gasteiger partial charge is 0.396 e. The number of aryl methyl sites for hydroxylation is 1. The van der Waals surface area contributed by atoms with Crippen LogP contribution >= 0.6 is 11.6 Å². The van der Waals surface area contributed by atoms with E-state index in [0.717, 1.165) is 31.5 Å². The number of nitrogens with zero attached hydrogens (tertiary/aromatic N) is 3. The molecule has 1 unspecified atom stereocenters. The van der Waals surface area contributed by atoms with Crippen LogP contribution in [0.15, 0.2) is 30.5 Å². The number of likely N-dealkylation sites (tertiary alicyclic amines) is 1. The third kappa shape index (κ3) is 3.47. The average molecular weight is 348 g/mol. The molecule has 1 saturated heterocycles. The molecule has 0 aliphatic carbocycles. The number of carbonyl (C=O) groups is 1. The van der Waals surface area contributed by atoms with Gasteiger partial charge in [-0.05, 0) is 56.9 Å². The van der Waals surface area contributed by atoms with Gasteiger partial charge in [0.2, 0.25) is 0 Å². The molecule has 1 aromatic heterocycles. The van der Waals surface area contributed by atoms with Gasteiger partial charge in [0.1, 0.15) is 0 Å². The first-order valence-electron chi connectivity index (χ1n) is 8.34. The first-order chi connectivity index (χ1) is 11.6. The Morgan fingerprint density at radius 2 is 2.08 bits per heavy atom. The molecule has 1 aliphatic heterocycles. The molecule has 3 rings (SSSR count). The summed E-state index contributed by atoms with van der Waals surface area (Å²) < 4.78 is 1.71. The molecule has 128 valence electrons. The summed E-state index contributed by atoms with van der Waals surface area (Å²) in [6.45, 7) is 2.71. The van der Waals surface area contributed by atoms with E-state index in [4.69, 9.17) is 11.6 Å². The first-order valence-corrected chi connectivity index (χ1v) is 8.72. The van der Waals surface area contributed by atoms with Gasteiger partial charge in [0.15, 0.2) is 0 Å². The summed E-state index contributed by atoms with van der Waals surface area (Å²) in [7, 11) is 0. The topological polar surface area (TPSA) is 58.4 Å². The molecule has 0 bridgehead atoms. The van der Waals surface area contributed by atoms with Crippen molar-refractivity contribution >= 4 is 17.5 Å². The predicted octanol–water partition coefficient (Wildman–Crippen LogP) is 3.21. The molecule has 24 heavy (non-hydrogen) atoms. The molecule has 0 saturated carbocycles. The van der Waals surface area contributed by atoms with Gasteiger partial charge in [0, 0.05) is 30.4 Å². The van der Waals surface area contributed by atoms with E-state index < -0.39 is 0 Å². The lowest BCUT2D eigenvalue weighted by Gasteiger charge is -2.35. The number of aromatic nitrogens is 2.